The third kappa shape index (κ3) is 8.60. The topological polar surface area (TPSA) is 181 Å². The molecule has 0 spiro atoms. The minimum atomic E-state index is -0.613. The summed E-state index contributed by atoms with van der Waals surface area (Å²) in [5.41, 5.74) is 4.69. The van der Waals surface area contributed by atoms with Gasteiger partial charge in [-0.05, 0) is 81.1 Å². The second-order valence-corrected chi connectivity index (χ2v) is 15.7. The molecule has 0 radical (unpaired) electrons. The van der Waals surface area contributed by atoms with Gasteiger partial charge in [0.05, 0.1) is 0 Å². The van der Waals surface area contributed by atoms with E-state index >= 15 is 0 Å². The third-order valence-electron chi connectivity index (χ3n) is 10.8. The minimum absolute atomic E-state index is 0. The third-order valence-corrected chi connectivity index (χ3v) is 10.8. The van der Waals surface area contributed by atoms with Gasteiger partial charge in [0.2, 0.25) is 23.6 Å². The molecule has 56 heavy (non-hydrogen) atoms. The molecule has 6 heterocycles. The number of anilines is 2. The van der Waals surface area contributed by atoms with Crippen molar-refractivity contribution >= 4 is 65.3 Å². The summed E-state index contributed by atoms with van der Waals surface area (Å²) in [6, 6.07) is 10.4. The summed E-state index contributed by atoms with van der Waals surface area (Å²) in [5, 5.41) is 7.98. The number of piperidine rings is 2. The Kier molecular flexibility index (Phi) is 11.9. The lowest BCUT2D eigenvalue weighted by molar-refractivity contribution is -0.138. The summed E-state index contributed by atoms with van der Waals surface area (Å²) in [6.45, 7) is 12.6. The Bertz CT molecular complexity index is 1920. The maximum Gasteiger partial charge on any atom is 0.410 e. The smallest absolute Gasteiger partial charge is 0.410 e. The second kappa shape index (κ2) is 16.5. The van der Waals surface area contributed by atoms with E-state index in [1.54, 1.807) is 20.8 Å². The standard InChI is InChI=1S/C22H28N4O5.C17H20N4O3.ClH/c1-22(2,3)31-21(30)25-10-8-24(9-11-25)15-4-5-16-14(12-15)13-26(20(16)29)17-6-7-18(27)23-19(17)28;22-15-4-3-14(16(23)19-15)21-10-11-9-12(1-2-13(11)17(21)24)20-7-5-18-6-8-20;/h4-5,12,17H,6-11,13H2,1-3H3,(H,23,27,28);1-2,9,14,18H,3-8,10H2,(H,19,22,23);1H. The van der Waals surface area contributed by atoms with E-state index in [-0.39, 0.29) is 60.9 Å². The van der Waals surface area contributed by atoms with Crippen LogP contribution in [0.4, 0.5) is 16.2 Å². The zero-order valence-corrected chi connectivity index (χ0v) is 32.7. The number of amides is 7. The van der Waals surface area contributed by atoms with E-state index in [1.807, 2.05) is 45.0 Å². The van der Waals surface area contributed by atoms with E-state index in [0.29, 0.717) is 63.2 Å². The molecular weight excluding hydrogens is 744 g/mol. The van der Waals surface area contributed by atoms with Crippen LogP contribution >= 0.6 is 12.4 Å². The van der Waals surface area contributed by atoms with Crippen molar-refractivity contribution in [3.8, 4) is 0 Å². The van der Waals surface area contributed by atoms with Crippen LogP contribution in [-0.4, -0.2) is 126 Å². The first-order valence-electron chi connectivity index (χ1n) is 19.0. The zero-order chi connectivity index (χ0) is 39.0. The number of piperazine rings is 2. The molecule has 4 saturated heterocycles. The van der Waals surface area contributed by atoms with Gasteiger partial charge < -0.3 is 34.6 Å². The number of nitrogens with zero attached hydrogens (tertiary/aromatic N) is 5. The summed E-state index contributed by atoms with van der Waals surface area (Å²) in [7, 11) is 0. The maximum atomic E-state index is 12.8. The Labute approximate surface area is 331 Å². The molecule has 0 bridgehead atoms. The lowest BCUT2D eigenvalue weighted by Gasteiger charge is -2.36. The molecule has 300 valence electrons. The molecule has 8 rings (SSSR count). The molecule has 0 aromatic heterocycles. The fourth-order valence-electron chi connectivity index (χ4n) is 7.91. The number of fused-ring (bicyclic) bond motifs is 2. The molecule has 0 saturated carbocycles. The molecule has 6 aliphatic rings. The van der Waals surface area contributed by atoms with Crippen LogP contribution < -0.4 is 25.8 Å². The Balaban J connectivity index is 0.000000192. The quantitative estimate of drug-likeness (QED) is 0.385. The normalized spacial score (nSPS) is 22.4. The van der Waals surface area contributed by atoms with Crippen molar-refractivity contribution in [2.24, 2.45) is 0 Å². The number of ether oxygens (including phenoxy) is 1. The van der Waals surface area contributed by atoms with Gasteiger partial charge >= 0.3 is 6.09 Å². The predicted molar refractivity (Wildman–Crippen MR) is 207 cm³/mol. The van der Waals surface area contributed by atoms with Crippen LogP contribution in [0.3, 0.4) is 0 Å². The number of imide groups is 2. The molecule has 2 unspecified atom stereocenters. The zero-order valence-electron chi connectivity index (χ0n) is 31.9. The van der Waals surface area contributed by atoms with Crippen LogP contribution in [0.15, 0.2) is 36.4 Å². The first-order valence-corrected chi connectivity index (χ1v) is 19.0. The van der Waals surface area contributed by atoms with E-state index in [9.17, 15) is 33.6 Å². The molecule has 17 heteroatoms. The number of carbonyl (C=O) groups excluding carboxylic acids is 7. The van der Waals surface area contributed by atoms with Crippen molar-refractivity contribution in [1.82, 2.24) is 30.7 Å². The van der Waals surface area contributed by atoms with E-state index in [4.69, 9.17) is 4.74 Å². The molecule has 0 aliphatic carbocycles. The average molecular weight is 793 g/mol. The van der Waals surface area contributed by atoms with Crippen molar-refractivity contribution in [2.45, 2.75) is 77.2 Å². The van der Waals surface area contributed by atoms with Crippen molar-refractivity contribution in [3.63, 3.8) is 0 Å². The minimum Gasteiger partial charge on any atom is -0.444 e. The van der Waals surface area contributed by atoms with Crippen LogP contribution in [0.25, 0.3) is 0 Å². The molecule has 4 fully saturated rings. The largest absolute Gasteiger partial charge is 0.444 e. The highest BCUT2D eigenvalue weighted by Gasteiger charge is 2.41. The van der Waals surface area contributed by atoms with Crippen LogP contribution in [-0.2, 0) is 37.0 Å². The number of halogens is 1. The van der Waals surface area contributed by atoms with E-state index < -0.39 is 23.6 Å². The Morgan fingerprint density at radius 3 is 1.54 bits per heavy atom. The van der Waals surface area contributed by atoms with Gasteiger partial charge in [0.15, 0.2) is 0 Å². The maximum absolute atomic E-state index is 12.8. The number of nitrogens with one attached hydrogen (secondary N) is 3. The molecule has 16 nitrogen and oxygen atoms in total. The number of benzene rings is 2. The predicted octanol–water partition coefficient (Wildman–Crippen LogP) is 1.78. The van der Waals surface area contributed by atoms with Gasteiger partial charge in [-0.25, -0.2) is 4.79 Å². The van der Waals surface area contributed by atoms with Gasteiger partial charge in [-0.1, -0.05) is 0 Å². The summed E-state index contributed by atoms with van der Waals surface area (Å²) >= 11 is 0. The average Bonchev–Trinajstić information content (AvgIpc) is 3.66. The van der Waals surface area contributed by atoms with Crippen LogP contribution in [0.5, 0.6) is 0 Å². The fraction of sp³-hybridized carbons (Fsp3) is 0.513. The molecule has 2 atom stereocenters. The SMILES string of the molecule is CC(C)(C)OC(=O)N1CCN(c2ccc3c(c2)CN(C2CCC(=O)NC2=O)C3=O)CC1.Cl.O=C1CCC(N2Cc3cc(N4CCNCC4)ccc3C2=O)C(=O)N1. The summed E-state index contributed by atoms with van der Waals surface area (Å²) in [5.74, 6) is -1.62. The number of hydrogen-bond donors (Lipinski definition) is 3. The highest BCUT2D eigenvalue weighted by atomic mass is 35.5. The number of rotatable bonds is 4. The van der Waals surface area contributed by atoms with Crippen LogP contribution in [0, 0.1) is 0 Å². The van der Waals surface area contributed by atoms with E-state index in [1.165, 1.54) is 0 Å². The highest BCUT2D eigenvalue weighted by Crippen LogP contribution is 2.32. The molecule has 3 N–H and O–H groups in total. The Morgan fingerprint density at radius 1 is 0.661 bits per heavy atom. The van der Waals surface area contributed by atoms with Crippen LogP contribution in [0.1, 0.15) is 78.3 Å². The number of carbonyl (C=O) groups is 7. The number of hydrogen-bond acceptors (Lipinski definition) is 11. The lowest BCUT2D eigenvalue weighted by Crippen LogP contribution is -2.52. The van der Waals surface area contributed by atoms with E-state index in [0.717, 1.165) is 48.7 Å². The van der Waals surface area contributed by atoms with Gasteiger partial charge in [-0.3, -0.25) is 39.4 Å². The van der Waals surface area contributed by atoms with Gasteiger partial charge in [0.1, 0.15) is 17.7 Å². The molecule has 7 amide bonds. The second-order valence-electron chi connectivity index (χ2n) is 15.7. The van der Waals surface area contributed by atoms with Gasteiger partial charge in [-0.15, -0.1) is 12.4 Å². The first kappa shape index (κ1) is 40.4. The summed E-state index contributed by atoms with van der Waals surface area (Å²) in [6.07, 6.45) is 0.970. The van der Waals surface area contributed by atoms with Gasteiger partial charge in [0, 0.05) is 101 Å². The van der Waals surface area contributed by atoms with Gasteiger partial charge in [0.25, 0.3) is 11.8 Å². The Morgan fingerprint density at radius 2 is 1.11 bits per heavy atom. The van der Waals surface area contributed by atoms with Crippen molar-refractivity contribution in [2.75, 3.05) is 62.2 Å². The molecular formula is C39H49ClN8O8. The van der Waals surface area contributed by atoms with Crippen LogP contribution in [0.2, 0.25) is 0 Å². The van der Waals surface area contributed by atoms with Crippen molar-refractivity contribution in [3.05, 3.63) is 58.7 Å². The molecule has 2 aromatic rings. The Hall–Kier alpha value is -5.22. The molecule has 6 aliphatic heterocycles. The van der Waals surface area contributed by atoms with Gasteiger partial charge in [-0.2, -0.15) is 0 Å². The summed E-state index contributed by atoms with van der Waals surface area (Å²) < 4.78 is 5.45. The lowest BCUT2D eigenvalue weighted by atomic mass is 10.0. The fourth-order valence-corrected chi connectivity index (χ4v) is 7.91. The van der Waals surface area contributed by atoms with Crippen molar-refractivity contribution in [1.29, 1.82) is 0 Å². The first-order chi connectivity index (χ1) is 26.3. The monoisotopic (exact) mass is 792 g/mol. The van der Waals surface area contributed by atoms with E-state index in [2.05, 4.69) is 31.8 Å². The molecule has 2 aromatic carbocycles. The summed E-state index contributed by atoms with van der Waals surface area (Å²) in [4.78, 5) is 94.1. The van der Waals surface area contributed by atoms with Crippen molar-refractivity contribution < 1.29 is 38.3 Å². The highest BCUT2D eigenvalue weighted by molar-refractivity contribution is 6.06.